The lowest BCUT2D eigenvalue weighted by molar-refractivity contribution is 0.415. The molecule has 4 nitrogen and oxygen atoms in total. The minimum absolute atomic E-state index is 0.130. The molecule has 116 valence electrons. The number of nitrogens with two attached hydrogens (primary N) is 1. The van der Waals surface area contributed by atoms with Crippen LogP contribution in [0.5, 0.6) is 0 Å². The minimum atomic E-state index is -1.19. The summed E-state index contributed by atoms with van der Waals surface area (Å²) in [5, 5.41) is 0. The first-order valence-corrected chi connectivity index (χ1v) is 6.97. The van der Waals surface area contributed by atoms with Crippen LogP contribution in [-0.2, 0) is 0 Å². The van der Waals surface area contributed by atoms with E-state index in [1.165, 1.54) is 0 Å². The average molecular weight is 308 g/mol. The van der Waals surface area contributed by atoms with E-state index >= 15 is 0 Å². The van der Waals surface area contributed by atoms with E-state index in [4.69, 9.17) is 5.73 Å². The Morgan fingerprint density at radius 1 is 1.09 bits per heavy atom. The fourth-order valence-electron chi connectivity index (χ4n) is 2.85. The molecule has 0 unspecified atom stereocenters. The molecule has 2 atom stereocenters. The van der Waals surface area contributed by atoms with Crippen LogP contribution in [0.1, 0.15) is 17.9 Å². The first-order chi connectivity index (χ1) is 10.6. The van der Waals surface area contributed by atoms with Crippen molar-refractivity contribution in [2.24, 2.45) is 5.73 Å². The third-order valence-electron chi connectivity index (χ3n) is 3.97. The number of hydrogen-bond acceptors (Lipinski definition) is 4. The van der Waals surface area contributed by atoms with E-state index in [2.05, 4.69) is 9.97 Å². The highest BCUT2D eigenvalue weighted by atomic mass is 19.2. The van der Waals surface area contributed by atoms with E-state index in [0.717, 1.165) is 6.07 Å². The topological polar surface area (TPSA) is 55.0 Å². The molecule has 0 saturated carbocycles. The number of aromatic nitrogens is 2. The summed E-state index contributed by atoms with van der Waals surface area (Å²) in [4.78, 5) is 10.2. The van der Waals surface area contributed by atoms with Gasteiger partial charge in [0.25, 0.3) is 0 Å². The molecular weight excluding hydrogens is 293 g/mol. The van der Waals surface area contributed by atoms with Gasteiger partial charge in [-0.3, -0.25) is 4.98 Å². The summed E-state index contributed by atoms with van der Waals surface area (Å²) in [6.45, 7) is 1.04. The van der Waals surface area contributed by atoms with E-state index in [-0.39, 0.29) is 11.5 Å². The molecule has 3 rings (SSSR count). The Balaban J connectivity index is 1.80. The zero-order chi connectivity index (χ0) is 15.7. The van der Waals surface area contributed by atoms with Crippen LogP contribution < -0.4 is 10.6 Å². The van der Waals surface area contributed by atoms with Crippen molar-refractivity contribution in [1.82, 2.24) is 9.97 Å². The quantitative estimate of drug-likeness (QED) is 0.864. The van der Waals surface area contributed by atoms with Crippen LogP contribution in [0.4, 0.5) is 19.0 Å². The molecule has 2 aromatic rings. The smallest absolute Gasteiger partial charge is 0.161 e. The summed E-state index contributed by atoms with van der Waals surface area (Å²) in [6, 6.07) is 1.08. The molecular formula is C15H15F3N4. The number of anilines is 1. The molecule has 0 spiro atoms. The predicted octanol–water partition coefficient (Wildman–Crippen LogP) is 2.22. The van der Waals surface area contributed by atoms with Gasteiger partial charge >= 0.3 is 0 Å². The molecule has 0 aliphatic carbocycles. The number of halogens is 3. The molecule has 1 aliphatic heterocycles. The standard InChI is InChI=1S/C15H15F3N4/c16-11-6-13(18)12(17)5-10(11)9-1-4-22(8-14(9)19)15-7-20-2-3-21-15/h2-3,5-7,9,14H,1,4,8,19H2/t9-,14+/m1/s1. The molecule has 7 heteroatoms. The monoisotopic (exact) mass is 308 g/mol. The molecule has 0 radical (unpaired) electrons. The number of nitrogens with zero attached hydrogens (tertiary/aromatic N) is 3. The lowest BCUT2D eigenvalue weighted by Gasteiger charge is -2.37. The highest BCUT2D eigenvalue weighted by Gasteiger charge is 2.31. The van der Waals surface area contributed by atoms with Crippen LogP contribution in [0.15, 0.2) is 30.7 Å². The van der Waals surface area contributed by atoms with Crippen LogP contribution in [0, 0.1) is 17.5 Å². The van der Waals surface area contributed by atoms with Crippen molar-refractivity contribution >= 4 is 5.82 Å². The largest absolute Gasteiger partial charge is 0.354 e. The lowest BCUT2D eigenvalue weighted by atomic mass is 9.85. The average Bonchev–Trinajstić information content (AvgIpc) is 2.52. The van der Waals surface area contributed by atoms with E-state index in [1.54, 1.807) is 18.6 Å². The Hall–Kier alpha value is -2.15. The summed E-state index contributed by atoms with van der Waals surface area (Å²) in [5.41, 5.74) is 6.25. The van der Waals surface area contributed by atoms with Gasteiger partial charge in [-0.2, -0.15) is 0 Å². The second-order valence-electron chi connectivity index (χ2n) is 5.36. The van der Waals surface area contributed by atoms with E-state index in [0.29, 0.717) is 31.4 Å². The molecule has 1 saturated heterocycles. The van der Waals surface area contributed by atoms with Crippen molar-refractivity contribution in [1.29, 1.82) is 0 Å². The number of rotatable bonds is 2. The predicted molar refractivity (Wildman–Crippen MR) is 75.9 cm³/mol. The van der Waals surface area contributed by atoms with Gasteiger partial charge in [-0.25, -0.2) is 18.2 Å². The second kappa shape index (κ2) is 5.92. The molecule has 2 heterocycles. The van der Waals surface area contributed by atoms with Crippen molar-refractivity contribution < 1.29 is 13.2 Å². The van der Waals surface area contributed by atoms with E-state index < -0.39 is 23.5 Å². The first-order valence-electron chi connectivity index (χ1n) is 6.97. The van der Waals surface area contributed by atoms with Gasteiger partial charge in [0, 0.05) is 43.5 Å². The van der Waals surface area contributed by atoms with Crippen molar-refractivity contribution in [3.63, 3.8) is 0 Å². The van der Waals surface area contributed by atoms with E-state index in [9.17, 15) is 13.2 Å². The summed E-state index contributed by atoms with van der Waals surface area (Å²) in [6.07, 6.45) is 5.32. The summed E-state index contributed by atoms with van der Waals surface area (Å²) >= 11 is 0. The minimum Gasteiger partial charge on any atom is -0.354 e. The van der Waals surface area contributed by atoms with Crippen molar-refractivity contribution in [2.75, 3.05) is 18.0 Å². The van der Waals surface area contributed by atoms with Crippen LogP contribution in [0.3, 0.4) is 0 Å². The molecule has 0 bridgehead atoms. The van der Waals surface area contributed by atoms with Gasteiger partial charge in [-0.1, -0.05) is 0 Å². The van der Waals surface area contributed by atoms with Crippen molar-refractivity contribution in [2.45, 2.75) is 18.4 Å². The Morgan fingerprint density at radius 2 is 1.86 bits per heavy atom. The zero-order valence-corrected chi connectivity index (χ0v) is 11.7. The van der Waals surface area contributed by atoms with Gasteiger partial charge in [0.05, 0.1) is 6.20 Å². The Morgan fingerprint density at radius 3 is 2.55 bits per heavy atom. The van der Waals surface area contributed by atoms with E-state index in [1.807, 2.05) is 4.90 Å². The fourth-order valence-corrected chi connectivity index (χ4v) is 2.85. The maximum atomic E-state index is 13.9. The second-order valence-corrected chi connectivity index (χ2v) is 5.36. The van der Waals surface area contributed by atoms with Crippen molar-refractivity contribution in [3.05, 3.63) is 53.7 Å². The highest BCUT2D eigenvalue weighted by molar-refractivity contribution is 5.38. The molecule has 2 N–H and O–H groups in total. The van der Waals surface area contributed by atoms with Gasteiger partial charge < -0.3 is 10.6 Å². The van der Waals surface area contributed by atoms with Gasteiger partial charge in [0.15, 0.2) is 11.6 Å². The molecule has 0 amide bonds. The third kappa shape index (κ3) is 2.76. The Labute approximate surface area is 125 Å². The fraction of sp³-hybridized carbons (Fsp3) is 0.333. The van der Waals surface area contributed by atoms with Gasteiger partial charge in [-0.15, -0.1) is 0 Å². The summed E-state index contributed by atoms with van der Waals surface area (Å²) < 4.78 is 40.3. The third-order valence-corrected chi connectivity index (χ3v) is 3.97. The van der Waals surface area contributed by atoms with Crippen LogP contribution in [0.2, 0.25) is 0 Å². The first kappa shape index (κ1) is 14.8. The van der Waals surface area contributed by atoms with Gasteiger partial charge in [0.1, 0.15) is 11.6 Å². The zero-order valence-electron chi connectivity index (χ0n) is 11.7. The van der Waals surface area contributed by atoms with Gasteiger partial charge in [0.2, 0.25) is 0 Å². The van der Waals surface area contributed by atoms with Crippen molar-refractivity contribution in [3.8, 4) is 0 Å². The van der Waals surface area contributed by atoms with Crippen LogP contribution in [-0.4, -0.2) is 29.1 Å². The summed E-state index contributed by atoms with van der Waals surface area (Å²) in [5.74, 6) is -2.66. The maximum absolute atomic E-state index is 13.9. The highest BCUT2D eigenvalue weighted by Crippen LogP contribution is 2.31. The Bertz CT molecular complexity index is 665. The van der Waals surface area contributed by atoms with Gasteiger partial charge in [-0.05, 0) is 18.1 Å². The molecule has 1 aliphatic rings. The van der Waals surface area contributed by atoms with Crippen LogP contribution >= 0.6 is 0 Å². The van der Waals surface area contributed by atoms with Crippen LogP contribution in [0.25, 0.3) is 0 Å². The molecule has 1 aromatic carbocycles. The number of benzene rings is 1. The molecule has 22 heavy (non-hydrogen) atoms. The lowest BCUT2D eigenvalue weighted by Crippen LogP contribution is -2.48. The molecule has 1 aromatic heterocycles. The molecule has 1 fully saturated rings. The summed E-state index contributed by atoms with van der Waals surface area (Å²) in [7, 11) is 0. The maximum Gasteiger partial charge on any atom is 0.161 e. The number of hydrogen-bond donors (Lipinski definition) is 1. The number of piperidine rings is 1. The SMILES string of the molecule is N[C@H]1CN(c2cnccn2)CC[C@@H]1c1cc(F)c(F)cc1F. The Kier molecular flexibility index (Phi) is 3.98. The normalized spacial score (nSPS) is 21.9.